The number of fused-ring (bicyclic) bond motifs is 1. The molecule has 118 valence electrons. The molecule has 2 rings (SSSR count). The van der Waals surface area contributed by atoms with Crippen LogP contribution in [-0.4, -0.2) is 30.1 Å². The van der Waals surface area contributed by atoms with Crippen LogP contribution in [0.4, 0.5) is 0 Å². The molecule has 0 saturated carbocycles. The van der Waals surface area contributed by atoms with Gasteiger partial charge in [0.1, 0.15) is 11.8 Å². The molecule has 5 nitrogen and oxygen atoms in total. The standard InChI is InChI=1S/C16H19NO4S/c1-9(2)6-12(16(19)20)17-15(18)14-7-10-4-5-11(21-3)8-13(10)22-14/h4-5,7-9,12H,6H2,1-3H3,(H,17,18)(H,19,20). The molecule has 0 aliphatic rings. The molecule has 0 bridgehead atoms. The molecule has 2 aromatic rings. The number of hydrogen-bond donors (Lipinski definition) is 2. The van der Waals surface area contributed by atoms with E-state index >= 15 is 0 Å². The number of rotatable bonds is 6. The van der Waals surface area contributed by atoms with Gasteiger partial charge in [-0.15, -0.1) is 11.3 Å². The minimum Gasteiger partial charge on any atom is -0.497 e. The third-order valence-electron chi connectivity index (χ3n) is 3.26. The fourth-order valence-electron chi connectivity index (χ4n) is 2.17. The van der Waals surface area contributed by atoms with Gasteiger partial charge in [-0.25, -0.2) is 4.79 Å². The quantitative estimate of drug-likeness (QED) is 0.857. The van der Waals surface area contributed by atoms with Gasteiger partial charge in [0.25, 0.3) is 5.91 Å². The monoisotopic (exact) mass is 321 g/mol. The van der Waals surface area contributed by atoms with Gasteiger partial charge in [0, 0.05) is 4.70 Å². The summed E-state index contributed by atoms with van der Waals surface area (Å²) in [6, 6.07) is 6.47. The smallest absolute Gasteiger partial charge is 0.326 e. The summed E-state index contributed by atoms with van der Waals surface area (Å²) in [6.45, 7) is 3.85. The van der Waals surface area contributed by atoms with E-state index in [9.17, 15) is 14.7 Å². The van der Waals surface area contributed by atoms with E-state index in [4.69, 9.17) is 4.74 Å². The summed E-state index contributed by atoms with van der Waals surface area (Å²) in [5, 5.41) is 12.7. The number of carboxylic acid groups (broad SMARTS) is 1. The van der Waals surface area contributed by atoms with Crippen LogP contribution >= 0.6 is 11.3 Å². The van der Waals surface area contributed by atoms with Crippen LogP contribution in [0.5, 0.6) is 5.75 Å². The highest BCUT2D eigenvalue weighted by Gasteiger charge is 2.22. The fourth-order valence-corrected chi connectivity index (χ4v) is 3.17. The van der Waals surface area contributed by atoms with Crippen molar-refractivity contribution in [2.24, 2.45) is 5.92 Å². The van der Waals surface area contributed by atoms with E-state index in [1.54, 1.807) is 13.2 Å². The first-order chi connectivity index (χ1) is 10.4. The average molecular weight is 321 g/mol. The molecule has 1 atom stereocenters. The van der Waals surface area contributed by atoms with Crippen LogP contribution in [0, 0.1) is 5.92 Å². The van der Waals surface area contributed by atoms with Crippen molar-refractivity contribution in [1.29, 1.82) is 0 Å². The van der Waals surface area contributed by atoms with E-state index < -0.39 is 12.0 Å². The summed E-state index contributed by atoms with van der Waals surface area (Å²) in [4.78, 5) is 24.0. The Hall–Kier alpha value is -2.08. The highest BCUT2D eigenvalue weighted by atomic mass is 32.1. The van der Waals surface area contributed by atoms with Crippen molar-refractivity contribution in [1.82, 2.24) is 5.32 Å². The Balaban J connectivity index is 2.19. The third-order valence-corrected chi connectivity index (χ3v) is 4.36. The molecule has 0 saturated heterocycles. The second kappa shape index (κ2) is 6.79. The van der Waals surface area contributed by atoms with Gasteiger partial charge in [-0.05, 0) is 42.0 Å². The third kappa shape index (κ3) is 3.76. The van der Waals surface area contributed by atoms with E-state index in [0.717, 1.165) is 15.8 Å². The maximum Gasteiger partial charge on any atom is 0.326 e. The SMILES string of the molecule is COc1ccc2cc(C(=O)NC(CC(C)C)C(=O)O)sc2c1. The summed E-state index contributed by atoms with van der Waals surface area (Å²) in [5.41, 5.74) is 0. The van der Waals surface area contributed by atoms with E-state index in [1.807, 2.05) is 32.0 Å². The summed E-state index contributed by atoms with van der Waals surface area (Å²) in [5.74, 6) is -0.448. The highest BCUT2D eigenvalue weighted by molar-refractivity contribution is 7.20. The Morgan fingerprint density at radius 2 is 2.05 bits per heavy atom. The molecule has 0 aliphatic heterocycles. The number of benzene rings is 1. The average Bonchev–Trinajstić information content (AvgIpc) is 2.88. The van der Waals surface area contributed by atoms with Crippen LogP contribution < -0.4 is 10.1 Å². The maximum atomic E-state index is 12.3. The fraction of sp³-hybridized carbons (Fsp3) is 0.375. The minimum absolute atomic E-state index is 0.188. The van der Waals surface area contributed by atoms with E-state index in [0.29, 0.717) is 11.3 Å². The Morgan fingerprint density at radius 1 is 1.32 bits per heavy atom. The molecule has 0 fully saturated rings. The van der Waals surface area contributed by atoms with Gasteiger partial charge in [-0.1, -0.05) is 13.8 Å². The molecular weight excluding hydrogens is 302 g/mol. The number of hydrogen-bond acceptors (Lipinski definition) is 4. The lowest BCUT2D eigenvalue weighted by molar-refractivity contribution is -0.139. The van der Waals surface area contributed by atoms with Gasteiger partial charge in [-0.3, -0.25) is 4.79 Å². The van der Waals surface area contributed by atoms with Crippen molar-refractivity contribution >= 4 is 33.3 Å². The van der Waals surface area contributed by atoms with Gasteiger partial charge in [-0.2, -0.15) is 0 Å². The van der Waals surface area contributed by atoms with Crippen molar-refractivity contribution in [3.8, 4) is 5.75 Å². The van der Waals surface area contributed by atoms with Crippen molar-refractivity contribution < 1.29 is 19.4 Å². The number of amides is 1. The zero-order valence-corrected chi connectivity index (χ0v) is 13.6. The first-order valence-corrected chi connectivity index (χ1v) is 7.83. The number of carboxylic acids is 1. The van der Waals surface area contributed by atoms with Crippen LogP contribution in [0.15, 0.2) is 24.3 Å². The zero-order chi connectivity index (χ0) is 16.3. The second-order valence-corrected chi connectivity index (χ2v) is 6.59. The molecule has 1 aromatic heterocycles. The number of thiophene rings is 1. The lowest BCUT2D eigenvalue weighted by Gasteiger charge is -2.15. The number of carbonyl (C=O) groups is 2. The number of aliphatic carboxylic acids is 1. The van der Waals surface area contributed by atoms with E-state index in [1.165, 1.54) is 11.3 Å². The molecule has 1 heterocycles. The molecule has 6 heteroatoms. The van der Waals surface area contributed by atoms with Crippen LogP contribution in [0.25, 0.3) is 10.1 Å². The van der Waals surface area contributed by atoms with E-state index in [2.05, 4.69) is 5.32 Å². The topological polar surface area (TPSA) is 75.6 Å². The van der Waals surface area contributed by atoms with Crippen molar-refractivity contribution in [2.45, 2.75) is 26.3 Å². The Kier molecular flexibility index (Phi) is 5.03. The van der Waals surface area contributed by atoms with Gasteiger partial charge in [0.05, 0.1) is 12.0 Å². The molecule has 0 aliphatic carbocycles. The van der Waals surface area contributed by atoms with Gasteiger partial charge >= 0.3 is 5.97 Å². The Labute approximate surface area is 132 Å². The largest absolute Gasteiger partial charge is 0.497 e. The molecule has 0 spiro atoms. The lowest BCUT2D eigenvalue weighted by atomic mass is 10.0. The molecule has 0 radical (unpaired) electrons. The summed E-state index contributed by atoms with van der Waals surface area (Å²) < 4.78 is 6.09. The predicted octanol–water partition coefficient (Wildman–Crippen LogP) is 3.14. The Bertz CT molecular complexity index is 693. The summed E-state index contributed by atoms with van der Waals surface area (Å²) in [7, 11) is 1.59. The lowest BCUT2D eigenvalue weighted by Crippen LogP contribution is -2.41. The molecular formula is C16H19NO4S. The van der Waals surface area contributed by atoms with Crippen molar-refractivity contribution in [2.75, 3.05) is 7.11 Å². The summed E-state index contributed by atoms with van der Waals surface area (Å²) in [6.07, 6.45) is 0.403. The number of methoxy groups -OCH3 is 1. The van der Waals surface area contributed by atoms with Crippen LogP contribution in [-0.2, 0) is 4.79 Å². The van der Waals surface area contributed by atoms with E-state index in [-0.39, 0.29) is 11.8 Å². The van der Waals surface area contributed by atoms with Crippen LogP contribution in [0.3, 0.4) is 0 Å². The van der Waals surface area contributed by atoms with Crippen LogP contribution in [0.2, 0.25) is 0 Å². The molecule has 22 heavy (non-hydrogen) atoms. The predicted molar refractivity (Wildman–Crippen MR) is 86.7 cm³/mol. The normalized spacial score (nSPS) is 12.4. The minimum atomic E-state index is -1.01. The molecule has 1 aromatic carbocycles. The van der Waals surface area contributed by atoms with Gasteiger partial charge in [0.2, 0.25) is 0 Å². The maximum absolute atomic E-state index is 12.3. The number of nitrogens with one attached hydrogen (secondary N) is 1. The first kappa shape index (κ1) is 16.3. The van der Waals surface area contributed by atoms with Crippen molar-refractivity contribution in [3.05, 3.63) is 29.1 Å². The highest BCUT2D eigenvalue weighted by Crippen LogP contribution is 2.29. The second-order valence-electron chi connectivity index (χ2n) is 5.51. The van der Waals surface area contributed by atoms with Gasteiger partial charge in [0.15, 0.2) is 0 Å². The molecule has 1 amide bonds. The zero-order valence-electron chi connectivity index (χ0n) is 12.8. The first-order valence-electron chi connectivity index (χ1n) is 7.02. The van der Waals surface area contributed by atoms with Crippen LogP contribution in [0.1, 0.15) is 29.9 Å². The Morgan fingerprint density at radius 3 is 2.64 bits per heavy atom. The molecule has 2 N–H and O–H groups in total. The van der Waals surface area contributed by atoms with Gasteiger partial charge < -0.3 is 15.2 Å². The molecule has 1 unspecified atom stereocenters. The number of carbonyl (C=O) groups excluding carboxylic acids is 1. The summed E-state index contributed by atoms with van der Waals surface area (Å²) >= 11 is 1.32. The van der Waals surface area contributed by atoms with Crippen molar-refractivity contribution in [3.63, 3.8) is 0 Å². The number of ether oxygens (including phenoxy) is 1.